The van der Waals surface area contributed by atoms with Gasteiger partial charge in [-0.25, -0.2) is 0 Å². The molecule has 1 aromatic carbocycles. The lowest BCUT2D eigenvalue weighted by atomic mass is 10.00. The highest BCUT2D eigenvalue weighted by atomic mass is 28.3. The number of benzene rings is 1. The second-order valence-corrected chi connectivity index (χ2v) is 9.88. The minimum absolute atomic E-state index is 0.358. The first-order chi connectivity index (χ1) is 8.16. The average Bonchev–Trinajstić information content (AvgIpc) is 2.13. The van der Waals surface area contributed by atoms with Crippen LogP contribution >= 0.6 is 0 Å². The van der Waals surface area contributed by atoms with E-state index in [1.54, 1.807) is 0 Å². The Bertz CT molecular complexity index is 330. The van der Waals surface area contributed by atoms with Gasteiger partial charge in [0.2, 0.25) is 9.04 Å². The van der Waals surface area contributed by atoms with Crippen LogP contribution in [0.3, 0.4) is 0 Å². The van der Waals surface area contributed by atoms with Gasteiger partial charge >= 0.3 is 0 Å². The van der Waals surface area contributed by atoms with Crippen LogP contribution in [0.15, 0.2) is 30.3 Å². The molecular weight excluding hydrogens is 236 g/mol. The third-order valence-corrected chi connectivity index (χ3v) is 6.69. The summed E-state index contributed by atoms with van der Waals surface area (Å²) in [5.74, 6) is 1.04. The Labute approximate surface area is 114 Å². The fourth-order valence-electron chi connectivity index (χ4n) is 2.21. The molecule has 0 aliphatic heterocycles. The molecule has 0 saturated carbocycles. The SMILES string of the molecule is CC(C)(C)C[SiH](CC(C)(C)C)Oc1ccccc1. The van der Waals surface area contributed by atoms with Crippen LogP contribution in [0.1, 0.15) is 41.5 Å². The first-order valence-electron chi connectivity index (χ1n) is 6.87. The van der Waals surface area contributed by atoms with Crippen LogP contribution in [0.4, 0.5) is 0 Å². The monoisotopic (exact) mass is 264 g/mol. The van der Waals surface area contributed by atoms with Crippen molar-refractivity contribution in [2.24, 2.45) is 10.8 Å². The van der Waals surface area contributed by atoms with Crippen molar-refractivity contribution in [1.29, 1.82) is 0 Å². The molecule has 0 fully saturated rings. The predicted octanol–water partition coefficient (Wildman–Crippen LogP) is 4.88. The maximum Gasteiger partial charge on any atom is 0.236 e. The van der Waals surface area contributed by atoms with Gasteiger partial charge in [0.1, 0.15) is 5.75 Å². The van der Waals surface area contributed by atoms with Gasteiger partial charge in [0.25, 0.3) is 0 Å². The molecule has 0 atom stereocenters. The summed E-state index contributed by atoms with van der Waals surface area (Å²) in [5.41, 5.74) is 0.716. The first-order valence-corrected chi connectivity index (χ1v) is 8.98. The van der Waals surface area contributed by atoms with E-state index in [1.165, 1.54) is 12.1 Å². The highest BCUT2D eigenvalue weighted by molar-refractivity contribution is 6.53. The fourth-order valence-corrected chi connectivity index (χ4v) is 5.80. The Kier molecular flexibility index (Phi) is 5.03. The summed E-state index contributed by atoms with van der Waals surface area (Å²) in [6, 6.07) is 12.7. The molecule has 18 heavy (non-hydrogen) atoms. The maximum absolute atomic E-state index is 6.31. The van der Waals surface area contributed by atoms with Crippen molar-refractivity contribution in [3.63, 3.8) is 0 Å². The molecule has 0 N–H and O–H groups in total. The van der Waals surface area contributed by atoms with Gasteiger partial charge in [0.15, 0.2) is 0 Å². The van der Waals surface area contributed by atoms with Gasteiger partial charge < -0.3 is 4.43 Å². The largest absolute Gasteiger partial charge is 0.546 e. The molecule has 1 rings (SSSR count). The topological polar surface area (TPSA) is 9.23 Å². The smallest absolute Gasteiger partial charge is 0.236 e. The molecule has 0 saturated heterocycles. The van der Waals surface area contributed by atoms with Crippen LogP contribution in [0.25, 0.3) is 0 Å². The Balaban J connectivity index is 2.72. The summed E-state index contributed by atoms with van der Waals surface area (Å²) in [7, 11) is -1.21. The molecule has 1 aromatic rings. The molecule has 102 valence electrons. The van der Waals surface area contributed by atoms with E-state index in [0.29, 0.717) is 10.8 Å². The zero-order valence-corrected chi connectivity index (χ0v) is 13.9. The molecule has 0 aromatic heterocycles. The number of hydrogen-bond acceptors (Lipinski definition) is 1. The van der Waals surface area contributed by atoms with Crippen LogP contribution < -0.4 is 4.43 Å². The van der Waals surface area contributed by atoms with Crippen LogP contribution in [-0.4, -0.2) is 9.04 Å². The molecule has 0 radical (unpaired) electrons. The van der Waals surface area contributed by atoms with Crippen molar-refractivity contribution < 1.29 is 4.43 Å². The van der Waals surface area contributed by atoms with E-state index in [9.17, 15) is 0 Å². The third kappa shape index (κ3) is 6.85. The van der Waals surface area contributed by atoms with E-state index in [1.807, 2.05) is 6.07 Å². The Morgan fingerprint density at radius 3 is 1.67 bits per heavy atom. The number of para-hydroxylation sites is 1. The molecule has 0 aliphatic carbocycles. The van der Waals surface area contributed by atoms with Crippen molar-refractivity contribution in [3.05, 3.63) is 30.3 Å². The van der Waals surface area contributed by atoms with Gasteiger partial charge in [-0.15, -0.1) is 0 Å². The van der Waals surface area contributed by atoms with Crippen molar-refractivity contribution in [2.45, 2.75) is 53.6 Å². The van der Waals surface area contributed by atoms with E-state index in [2.05, 4.69) is 65.8 Å². The Morgan fingerprint density at radius 2 is 1.28 bits per heavy atom. The maximum atomic E-state index is 6.31. The summed E-state index contributed by atoms with van der Waals surface area (Å²) in [6.07, 6.45) is 0. The molecule has 1 nitrogen and oxygen atoms in total. The lowest BCUT2D eigenvalue weighted by Crippen LogP contribution is -2.31. The molecular formula is C16H28OSi. The van der Waals surface area contributed by atoms with Gasteiger partial charge in [-0.3, -0.25) is 0 Å². The van der Waals surface area contributed by atoms with E-state index in [0.717, 1.165) is 5.75 Å². The van der Waals surface area contributed by atoms with Crippen molar-refractivity contribution in [1.82, 2.24) is 0 Å². The summed E-state index contributed by atoms with van der Waals surface area (Å²) >= 11 is 0. The van der Waals surface area contributed by atoms with E-state index in [-0.39, 0.29) is 0 Å². The first kappa shape index (κ1) is 15.3. The van der Waals surface area contributed by atoms with Gasteiger partial charge in [-0.2, -0.15) is 0 Å². The van der Waals surface area contributed by atoms with E-state index >= 15 is 0 Å². The summed E-state index contributed by atoms with van der Waals surface area (Å²) < 4.78 is 6.31. The fraction of sp³-hybridized carbons (Fsp3) is 0.625. The average molecular weight is 264 g/mol. The summed E-state index contributed by atoms with van der Waals surface area (Å²) in [4.78, 5) is 0. The summed E-state index contributed by atoms with van der Waals surface area (Å²) in [5, 5.41) is 0. The molecule has 0 aliphatic rings. The highest BCUT2D eigenvalue weighted by Crippen LogP contribution is 2.30. The normalized spacial score (nSPS) is 12.8. The lowest BCUT2D eigenvalue weighted by molar-refractivity contribution is 0.402. The molecule has 2 heteroatoms. The Hall–Kier alpha value is -0.763. The zero-order chi connectivity index (χ0) is 13.8. The quantitative estimate of drug-likeness (QED) is 0.704. The molecule has 0 spiro atoms. The van der Waals surface area contributed by atoms with Gasteiger partial charge in [-0.05, 0) is 35.1 Å². The minimum Gasteiger partial charge on any atom is -0.546 e. The molecule has 0 heterocycles. The van der Waals surface area contributed by atoms with Gasteiger partial charge in [-0.1, -0.05) is 59.7 Å². The molecule has 0 amide bonds. The number of hydrogen-bond donors (Lipinski definition) is 0. The standard InChI is InChI=1S/C16H28OSi/c1-15(2,3)12-18(13-16(4,5)6)17-14-10-8-7-9-11-14/h7-11,18H,12-13H2,1-6H3. The van der Waals surface area contributed by atoms with Crippen LogP contribution in [0.2, 0.25) is 12.1 Å². The van der Waals surface area contributed by atoms with Crippen LogP contribution in [0, 0.1) is 10.8 Å². The van der Waals surface area contributed by atoms with Gasteiger partial charge in [0, 0.05) is 0 Å². The highest BCUT2D eigenvalue weighted by Gasteiger charge is 2.27. The minimum atomic E-state index is -1.21. The van der Waals surface area contributed by atoms with Gasteiger partial charge in [0.05, 0.1) is 0 Å². The lowest BCUT2D eigenvalue weighted by Gasteiger charge is -2.30. The van der Waals surface area contributed by atoms with Crippen LogP contribution in [0.5, 0.6) is 5.75 Å². The second-order valence-electron chi connectivity index (χ2n) is 7.58. The summed E-state index contributed by atoms with van der Waals surface area (Å²) in [6.45, 7) is 13.9. The third-order valence-electron chi connectivity index (χ3n) is 2.73. The molecule has 0 bridgehead atoms. The van der Waals surface area contributed by atoms with Crippen molar-refractivity contribution in [2.75, 3.05) is 0 Å². The number of rotatable bonds is 4. The van der Waals surface area contributed by atoms with Crippen molar-refractivity contribution >= 4 is 9.04 Å². The van der Waals surface area contributed by atoms with E-state index < -0.39 is 9.04 Å². The van der Waals surface area contributed by atoms with Crippen LogP contribution in [-0.2, 0) is 0 Å². The van der Waals surface area contributed by atoms with Crippen molar-refractivity contribution in [3.8, 4) is 5.75 Å². The van der Waals surface area contributed by atoms with E-state index in [4.69, 9.17) is 4.43 Å². The zero-order valence-electron chi connectivity index (χ0n) is 12.8. The Morgan fingerprint density at radius 1 is 0.833 bits per heavy atom. The predicted molar refractivity (Wildman–Crippen MR) is 82.7 cm³/mol. The second kappa shape index (κ2) is 5.92. The molecule has 0 unspecified atom stereocenters.